The minimum absolute atomic E-state index is 0. The van der Waals surface area contributed by atoms with E-state index >= 15 is 0 Å². The second-order valence-electron chi connectivity index (χ2n) is 15.2. The Balaban J connectivity index is -0.000000119. The second-order valence-corrected chi connectivity index (χ2v) is 15.2. The predicted molar refractivity (Wildman–Crippen MR) is 150 cm³/mol. The van der Waals surface area contributed by atoms with Crippen molar-refractivity contribution in [3.63, 3.8) is 0 Å². The Hall–Kier alpha value is -0.370. The molecule has 0 amide bonds. The van der Waals surface area contributed by atoms with Crippen LogP contribution >= 0.6 is 0 Å². The van der Waals surface area contributed by atoms with Crippen molar-refractivity contribution in [3.8, 4) is 0 Å². The van der Waals surface area contributed by atoms with E-state index in [-0.39, 0.29) is 23.7 Å². The van der Waals surface area contributed by atoms with Crippen LogP contribution in [-0.4, -0.2) is 49.0 Å². The second kappa shape index (κ2) is 13.6. The molecule has 0 aromatic carbocycles. The molecule has 0 aliphatic heterocycles. The number of alkyl halides is 3. The first-order chi connectivity index (χ1) is 14.2. The number of rotatable bonds is 0. The molecule has 226 valence electrons. The van der Waals surface area contributed by atoms with E-state index in [9.17, 15) is 28.5 Å². The largest absolute Gasteiger partial charge is 0.417 e. The van der Waals surface area contributed by atoms with Gasteiger partial charge in [-0.2, -0.15) is 13.2 Å². The van der Waals surface area contributed by atoms with Crippen molar-refractivity contribution in [2.75, 3.05) is 0 Å². The van der Waals surface area contributed by atoms with E-state index in [0.29, 0.717) is 0 Å². The van der Waals surface area contributed by atoms with Gasteiger partial charge in [0.25, 0.3) is 0 Å². The van der Waals surface area contributed by atoms with Crippen LogP contribution < -0.4 is 0 Å². The third-order valence-electron chi connectivity index (χ3n) is 7.52. The minimum atomic E-state index is -4.56. The van der Waals surface area contributed by atoms with Crippen molar-refractivity contribution in [2.45, 2.75) is 168 Å². The molecule has 0 radical (unpaired) electrons. The van der Waals surface area contributed by atoms with Crippen molar-refractivity contribution in [3.05, 3.63) is 0 Å². The van der Waals surface area contributed by atoms with Crippen LogP contribution in [0.5, 0.6) is 0 Å². The summed E-state index contributed by atoms with van der Waals surface area (Å²) >= 11 is 0. The van der Waals surface area contributed by atoms with Gasteiger partial charge in [-0.3, -0.25) is 0 Å². The van der Waals surface area contributed by atoms with Gasteiger partial charge in [-0.1, -0.05) is 90.5 Å². The van der Waals surface area contributed by atoms with E-state index < -0.39 is 34.0 Å². The number of halogens is 3. The summed E-state index contributed by atoms with van der Waals surface area (Å²) in [5.74, 6) is 0. The highest BCUT2D eigenvalue weighted by Crippen LogP contribution is 2.42. The number of aliphatic hydroxyl groups is 4. The molecule has 0 bridgehead atoms. The molecule has 36 heavy (non-hydrogen) atoms. The van der Waals surface area contributed by atoms with Crippen LogP contribution in [0.1, 0.15) is 139 Å². The molecular weight excluding hydrogens is 469 g/mol. The van der Waals surface area contributed by atoms with Gasteiger partial charge in [0, 0.05) is 0 Å². The fourth-order valence-corrected chi connectivity index (χ4v) is 0.425. The lowest BCUT2D eigenvalue weighted by atomic mass is 9.77. The Labute approximate surface area is 223 Å². The first-order valence-electron chi connectivity index (χ1n) is 12.2. The summed E-state index contributed by atoms with van der Waals surface area (Å²) in [5.41, 5.74) is -5.52. The Bertz CT molecular complexity index is 465. The van der Waals surface area contributed by atoms with Crippen molar-refractivity contribution in [2.24, 2.45) is 21.7 Å². The molecule has 0 rings (SSSR count). The van der Waals surface area contributed by atoms with Gasteiger partial charge in [-0.15, -0.1) is 0 Å². The van der Waals surface area contributed by atoms with E-state index in [1.807, 2.05) is 104 Å². The van der Waals surface area contributed by atoms with E-state index in [2.05, 4.69) is 0 Å². The van der Waals surface area contributed by atoms with Gasteiger partial charge in [-0.25, -0.2) is 0 Å². The van der Waals surface area contributed by atoms with Crippen molar-refractivity contribution in [1.29, 1.82) is 0 Å². The Morgan fingerprint density at radius 2 is 0.444 bits per heavy atom. The average Bonchev–Trinajstić information content (AvgIpc) is 2.39. The van der Waals surface area contributed by atoms with Gasteiger partial charge in [0.05, 0.1) is 16.8 Å². The van der Waals surface area contributed by atoms with Gasteiger partial charge < -0.3 is 20.4 Å². The third-order valence-corrected chi connectivity index (χ3v) is 7.52. The number of hydrogen-bond acceptors (Lipinski definition) is 4. The van der Waals surface area contributed by atoms with Crippen LogP contribution in [0, 0.1) is 21.7 Å². The van der Waals surface area contributed by atoms with E-state index in [4.69, 9.17) is 5.11 Å². The molecule has 0 heterocycles. The van der Waals surface area contributed by atoms with Gasteiger partial charge in [0.1, 0.15) is 0 Å². The fraction of sp³-hybridized carbons (Fsp3) is 1.00. The monoisotopic (exact) mass is 534 g/mol. The molecule has 0 aliphatic carbocycles. The highest BCUT2D eigenvalue weighted by atomic mass is 19.4. The molecule has 0 saturated carbocycles. The van der Waals surface area contributed by atoms with Crippen LogP contribution in [0.3, 0.4) is 0 Å². The first kappa shape index (κ1) is 45.5. The molecule has 0 aliphatic rings. The minimum Gasteiger partial charge on any atom is -0.390 e. The SMILES string of the molecule is C.CC(C)(C)C(C)(C)O.CC(C)(C)C(C)(C)O.CC(C)(C)C(C)(C)O.CC(C)(C)C(C)(O)C(F)(F)F. The van der Waals surface area contributed by atoms with Gasteiger partial charge >= 0.3 is 6.18 Å². The maximum Gasteiger partial charge on any atom is 0.417 e. The number of hydrogen-bond donors (Lipinski definition) is 4. The fourth-order valence-electron chi connectivity index (χ4n) is 0.425. The summed E-state index contributed by atoms with van der Waals surface area (Å²) in [7, 11) is 0. The zero-order valence-corrected chi connectivity index (χ0v) is 26.4. The lowest BCUT2D eigenvalue weighted by Gasteiger charge is -2.38. The van der Waals surface area contributed by atoms with Crippen LogP contribution in [0.4, 0.5) is 13.2 Å². The van der Waals surface area contributed by atoms with Crippen molar-refractivity contribution < 1.29 is 33.6 Å². The summed E-state index contributed by atoms with van der Waals surface area (Å²) < 4.78 is 36.2. The Morgan fingerprint density at radius 1 is 0.333 bits per heavy atom. The zero-order chi connectivity index (χ0) is 30.5. The summed E-state index contributed by atoms with van der Waals surface area (Å²) in [6, 6.07) is 0. The lowest BCUT2D eigenvalue weighted by Crippen LogP contribution is -2.52. The van der Waals surface area contributed by atoms with Crippen LogP contribution in [0.25, 0.3) is 0 Å². The molecular formula is C29H65F3O4. The maximum absolute atomic E-state index is 12.1. The Kier molecular flexibility index (Phi) is 17.2. The van der Waals surface area contributed by atoms with Gasteiger partial charge in [0.2, 0.25) is 0 Å². The smallest absolute Gasteiger partial charge is 0.390 e. The third kappa shape index (κ3) is 18.0. The van der Waals surface area contributed by atoms with Crippen LogP contribution in [-0.2, 0) is 0 Å². The molecule has 0 saturated heterocycles. The van der Waals surface area contributed by atoms with Gasteiger partial charge in [-0.05, 0) is 70.1 Å². The molecule has 0 aromatic rings. The summed E-state index contributed by atoms with van der Waals surface area (Å²) in [4.78, 5) is 0. The molecule has 4 nitrogen and oxygen atoms in total. The molecule has 4 N–H and O–H groups in total. The average molecular weight is 535 g/mol. The summed E-state index contributed by atoms with van der Waals surface area (Å²) in [6.07, 6.45) is -4.56. The predicted octanol–water partition coefficient (Wildman–Crippen LogP) is 8.39. The van der Waals surface area contributed by atoms with Gasteiger partial charge in [0.15, 0.2) is 5.60 Å². The standard InChI is InChI=1S/C7H13F3O.3C7H16O.CH4/c1-5(2,3)6(4,11)7(8,9)10;3*1-6(2,3)7(4,5)8;/h11H,1-4H3;3*8H,1-5H3;1H4. The first-order valence-corrected chi connectivity index (χ1v) is 12.2. The Morgan fingerprint density at radius 3 is 0.444 bits per heavy atom. The molecule has 0 aromatic heterocycles. The summed E-state index contributed by atoms with van der Waals surface area (Å²) in [5, 5.41) is 37.1. The zero-order valence-electron chi connectivity index (χ0n) is 26.4. The highest BCUT2D eigenvalue weighted by molar-refractivity contribution is 4.92. The lowest BCUT2D eigenvalue weighted by molar-refractivity contribution is -0.286. The van der Waals surface area contributed by atoms with Crippen molar-refractivity contribution in [1.82, 2.24) is 0 Å². The molecule has 0 fully saturated rings. The summed E-state index contributed by atoms with van der Waals surface area (Å²) in [6.45, 7) is 34.0. The van der Waals surface area contributed by atoms with Crippen LogP contribution in [0.15, 0.2) is 0 Å². The van der Waals surface area contributed by atoms with E-state index in [1.165, 1.54) is 20.8 Å². The molecule has 7 heteroatoms. The van der Waals surface area contributed by atoms with E-state index in [1.54, 1.807) is 0 Å². The molecule has 0 spiro atoms. The maximum atomic E-state index is 12.1. The normalized spacial score (nSPS) is 15.5. The molecule has 1 unspecified atom stereocenters. The van der Waals surface area contributed by atoms with Crippen LogP contribution in [0.2, 0.25) is 0 Å². The van der Waals surface area contributed by atoms with Crippen molar-refractivity contribution >= 4 is 0 Å². The topological polar surface area (TPSA) is 80.9 Å². The quantitative estimate of drug-likeness (QED) is 0.251. The highest BCUT2D eigenvalue weighted by Gasteiger charge is 2.56. The molecule has 1 atom stereocenters. The van der Waals surface area contributed by atoms with E-state index in [0.717, 1.165) is 6.92 Å².